The quantitative estimate of drug-likeness (QED) is 0.868. The fourth-order valence-electron chi connectivity index (χ4n) is 3.16. The highest BCUT2D eigenvalue weighted by Gasteiger charge is 2.30. The van der Waals surface area contributed by atoms with Gasteiger partial charge in [-0.2, -0.15) is 0 Å². The fourth-order valence-corrected chi connectivity index (χ4v) is 4.22. The average Bonchev–Trinajstić information content (AvgIpc) is 2.62. The Morgan fingerprint density at radius 3 is 2.31 bits per heavy atom. The van der Waals surface area contributed by atoms with Gasteiger partial charge in [-0.25, -0.2) is 8.42 Å². The monoisotopic (exact) mass is 374 g/mol. The molecular weight excluding hydrogens is 348 g/mol. The maximum atomic E-state index is 12.6. The van der Waals surface area contributed by atoms with Crippen molar-refractivity contribution in [3.05, 3.63) is 54.1 Å². The zero-order chi connectivity index (χ0) is 18.8. The molecule has 6 heteroatoms. The maximum Gasteiger partial charge on any atom is 0.261 e. The predicted octanol–water partition coefficient (Wildman–Crippen LogP) is 3.67. The Labute approximate surface area is 156 Å². The van der Waals surface area contributed by atoms with Crippen LogP contribution in [0.25, 0.3) is 0 Å². The Bertz CT molecular complexity index is 844. The van der Waals surface area contributed by atoms with Gasteiger partial charge in [-0.05, 0) is 62.2 Å². The molecule has 1 fully saturated rings. The Morgan fingerprint density at radius 2 is 1.73 bits per heavy atom. The van der Waals surface area contributed by atoms with Gasteiger partial charge in [-0.15, -0.1) is 0 Å². The van der Waals surface area contributed by atoms with E-state index < -0.39 is 10.0 Å². The molecule has 3 rings (SSSR count). The van der Waals surface area contributed by atoms with Crippen molar-refractivity contribution in [2.24, 2.45) is 0 Å². The highest BCUT2D eigenvalue weighted by atomic mass is 32.2. The van der Waals surface area contributed by atoms with E-state index in [1.165, 1.54) is 0 Å². The second kappa shape index (κ2) is 7.29. The molecule has 2 aromatic carbocycles. The molecule has 0 atom stereocenters. The second-order valence-corrected chi connectivity index (χ2v) is 8.85. The van der Waals surface area contributed by atoms with Gasteiger partial charge in [0.1, 0.15) is 0 Å². The molecule has 0 radical (unpaired) electrons. The lowest BCUT2D eigenvalue weighted by atomic mass is 10.0. The van der Waals surface area contributed by atoms with Crippen molar-refractivity contribution in [2.75, 3.05) is 29.4 Å². The molecule has 0 unspecified atom stereocenters. The fraction of sp³-hybridized carbons (Fsp3) is 0.400. The summed E-state index contributed by atoms with van der Waals surface area (Å²) < 4.78 is 33.3. The van der Waals surface area contributed by atoms with Crippen LogP contribution in [-0.2, 0) is 21.2 Å². The molecule has 1 aliphatic rings. The van der Waals surface area contributed by atoms with E-state index in [4.69, 9.17) is 4.74 Å². The first-order chi connectivity index (χ1) is 12.3. The topological polar surface area (TPSA) is 58.6 Å². The van der Waals surface area contributed by atoms with Gasteiger partial charge in [-0.3, -0.25) is 4.72 Å². The molecule has 26 heavy (non-hydrogen) atoms. The van der Waals surface area contributed by atoms with Gasteiger partial charge in [0.2, 0.25) is 0 Å². The third kappa shape index (κ3) is 4.02. The molecule has 0 spiro atoms. The molecule has 1 aliphatic heterocycles. The third-order valence-corrected chi connectivity index (χ3v) is 6.12. The lowest BCUT2D eigenvalue weighted by molar-refractivity contribution is 0.0644. The number of rotatable bonds is 5. The molecular formula is C20H26N2O3S. The highest BCUT2D eigenvalue weighted by Crippen LogP contribution is 2.28. The summed E-state index contributed by atoms with van der Waals surface area (Å²) in [5.74, 6) is 0. The first-order valence-corrected chi connectivity index (χ1v) is 10.4. The summed E-state index contributed by atoms with van der Waals surface area (Å²) in [5.41, 5.74) is 2.65. The van der Waals surface area contributed by atoms with Crippen LogP contribution in [0.4, 0.5) is 11.4 Å². The summed E-state index contributed by atoms with van der Waals surface area (Å²) in [6.07, 6.45) is 0.882. The zero-order valence-corrected chi connectivity index (χ0v) is 16.3. The lowest BCUT2D eigenvalue weighted by Crippen LogP contribution is -2.53. The molecule has 0 bridgehead atoms. The molecule has 1 saturated heterocycles. The first kappa shape index (κ1) is 18.7. The van der Waals surface area contributed by atoms with E-state index in [1.807, 2.05) is 31.2 Å². The molecule has 1 heterocycles. The molecule has 1 N–H and O–H groups in total. The van der Waals surface area contributed by atoms with Gasteiger partial charge >= 0.3 is 0 Å². The van der Waals surface area contributed by atoms with Crippen LogP contribution < -0.4 is 9.62 Å². The maximum absolute atomic E-state index is 12.6. The van der Waals surface area contributed by atoms with Gasteiger partial charge in [-0.1, -0.05) is 19.1 Å². The normalized spacial score (nSPS) is 17.1. The van der Waals surface area contributed by atoms with Gasteiger partial charge in [0.25, 0.3) is 10.0 Å². The van der Waals surface area contributed by atoms with Gasteiger partial charge < -0.3 is 9.64 Å². The SMILES string of the molecule is CCc1ccc(S(=O)(=O)Nc2ccc(N3CCOCC3(C)C)cc2)cc1. The molecule has 2 aromatic rings. The molecule has 0 saturated carbocycles. The van der Waals surface area contributed by atoms with Crippen molar-refractivity contribution < 1.29 is 13.2 Å². The van der Waals surface area contributed by atoms with E-state index in [9.17, 15) is 8.42 Å². The number of aryl methyl sites for hydroxylation is 1. The van der Waals surface area contributed by atoms with Crippen molar-refractivity contribution in [1.82, 2.24) is 0 Å². The van der Waals surface area contributed by atoms with Crippen LogP contribution in [0.5, 0.6) is 0 Å². The van der Waals surface area contributed by atoms with Gasteiger partial charge in [0.15, 0.2) is 0 Å². The van der Waals surface area contributed by atoms with E-state index in [2.05, 4.69) is 23.5 Å². The summed E-state index contributed by atoms with van der Waals surface area (Å²) >= 11 is 0. The Morgan fingerprint density at radius 1 is 1.08 bits per heavy atom. The molecule has 0 aromatic heterocycles. The van der Waals surface area contributed by atoms with Gasteiger partial charge in [0, 0.05) is 17.9 Å². The standard InChI is InChI=1S/C20H26N2O3S/c1-4-16-5-11-19(12-6-16)26(23,24)21-17-7-9-18(10-8-17)22-13-14-25-15-20(22,2)3/h5-12,21H,4,13-15H2,1-3H3. The predicted molar refractivity (Wildman–Crippen MR) is 105 cm³/mol. The Balaban J connectivity index is 1.76. The summed E-state index contributed by atoms with van der Waals surface area (Å²) in [7, 11) is -3.58. The minimum atomic E-state index is -3.58. The van der Waals surface area contributed by atoms with Crippen LogP contribution >= 0.6 is 0 Å². The summed E-state index contributed by atoms with van der Waals surface area (Å²) in [5, 5.41) is 0. The van der Waals surface area contributed by atoms with E-state index in [0.717, 1.165) is 24.2 Å². The molecule has 5 nitrogen and oxygen atoms in total. The van der Waals surface area contributed by atoms with E-state index in [1.54, 1.807) is 24.3 Å². The molecule has 0 aliphatic carbocycles. The summed E-state index contributed by atoms with van der Waals surface area (Å²) in [6.45, 7) is 8.52. The van der Waals surface area contributed by atoms with Crippen molar-refractivity contribution in [2.45, 2.75) is 37.6 Å². The van der Waals surface area contributed by atoms with Crippen molar-refractivity contribution in [3.63, 3.8) is 0 Å². The number of morpholine rings is 1. The number of anilines is 2. The summed E-state index contributed by atoms with van der Waals surface area (Å²) in [6, 6.07) is 14.5. The minimum absolute atomic E-state index is 0.0830. The number of nitrogens with one attached hydrogen (secondary N) is 1. The number of ether oxygens (including phenoxy) is 1. The first-order valence-electron chi connectivity index (χ1n) is 8.89. The Hall–Kier alpha value is -2.05. The van der Waals surface area contributed by atoms with Crippen LogP contribution in [0, 0.1) is 0 Å². The number of sulfonamides is 1. The lowest BCUT2D eigenvalue weighted by Gasteiger charge is -2.43. The van der Waals surface area contributed by atoms with Crippen molar-refractivity contribution >= 4 is 21.4 Å². The van der Waals surface area contributed by atoms with E-state index in [-0.39, 0.29) is 10.4 Å². The molecule has 0 amide bonds. The smallest absolute Gasteiger partial charge is 0.261 e. The van der Waals surface area contributed by atoms with Crippen LogP contribution in [0.15, 0.2) is 53.4 Å². The van der Waals surface area contributed by atoms with Crippen LogP contribution in [0.1, 0.15) is 26.3 Å². The molecule has 140 valence electrons. The summed E-state index contributed by atoms with van der Waals surface area (Å²) in [4.78, 5) is 2.56. The van der Waals surface area contributed by atoms with Crippen molar-refractivity contribution in [3.8, 4) is 0 Å². The highest BCUT2D eigenvalue weighted by molar-refractivity contribution is 7.92. The van der Waals surface area contributed by atoms with Crippen molar-refractivity contribution in [1.29, 1.82) is 0 Å². The third-order valence-electron chi connectivity index (χ3n) is 4.72. The number of hydrogen-bond acceptors (Lipinski definition) is 4. The largest absolute Gasteiger partial charge is 0.377 e. The van der Waals surface area contributed by atoms with Gasteiger partial charge in [0.05, 0.1) is 23.6 Å². The number of benzene rings is 2. The van der Waals surface area contributed by atoms with E-state index >= 15 is 0 Å². The number of hydrogen-bond donors (Lipinski definition) is 1. The number of nitrogens with zero attached hydrogens (tertiary/aromatic N) is 1. The minimum Gasteiger partial charge on any atom is -0.377 e. The zero-order valence-electron chi connectivity index (χ0n) is 15.5. The second-order valence-electron chi connectivity index (χ2n) is 7.17. The van der Waals surface area contributed by atoms with Crippen LogP contribution in [-0.4, -0.2) is 33.7 Å². The van der Waals surface area contributed by atoms with Crippen LogP contribution in [0.3, 0.4) is 0 Å². The van der Waals surface area contributed by atoms with Crippen LogP contribution in [0.2, 0.25) is 0 Å². The van der Waals surface area contributed by atoms with E-state index in [0.29, 0.717) is 18.9 Å². The average molecular weight is 375 g/mol. The Kier molecular flexibility index (Phi) is 5.25.